The fourth-order valence-corrected chi connectivity index (χ4v) is 2.58. The van der Waals surface area contributed by atoms with Gasteiger partial charge in [0.05, 0.1) is 5.92 Å². The van der Waals surface area contributed by atoms with Gasteiger partial charge in [-0.25, -0.2) is 0 Å². The van der Waals surface area contributed by atoms with Crippen LogP contribution in [0.2, 0.25) is 0 Å². The molecule has 90 valence electrons. The summed E-state index contributed by atoms with van der Waals surface area (Å²) in [5.41, 5.74) is 3.47. The monoisotopic (exact) mass is 237 g/mol. The van der Waals surface area contributed by atoms with Crippen LogP contribution in [0.5, 0.6) is 0 Å². The predicted molar refractivity (Wildman–Crippen MR) is 71.4 cm³/mol. The molecule has 0 aliphatic carbocycles. The normalized spacial score (nSPS) is 18.7. The first-order valence-electron chi connectivity index (χ1n) is 6.27. The van der Waals surface area contributed by atoms with E-state index in [0.29, 0.717) is 0 Å². The van der Waals surface area contributed by atoms with E-state index in [-0.39, 0.29) is 11.8 Å². The lowest BCUT2D eigenvalue weighted by Crippen LogP contribution is -2.28. The van der Waals surface area contributed by atoms with Gasteiger partial charge in [-0.2, -0.15) is 0 Å². The second-order valence-electron chi connectivity index (χ2n) is 4.58. The Balaban J connectivity index is 2.14. The van der Waals surface area contributed by atoms with Crippen molar-refractivity contribution in [3.8, 4) is 0 Å². The summed E-state index contributed by atoms with van der Waals surface area (Å²) in [6.07, 6.45) is 0.908. The summed E-state index contributed by atoms with van der Waals surface area (Å²) in [5.74, 6) is -0.0731. The van der Waals surface area contributed by atoms with Gasteiger partial charge >= 0.3 is 0 Å². The van der Waals surface area contributed by atoms with Crippen LogP contribution in [0, 0.1) is 0 Å². The van der Waals surface area contributed by atoms with E-state index in [1.807, 2.05) is 42.5 Å². The molecule has 0 bridgehead atoms. The molecule has 0 saturated heterocycles. The maximum absolute atomic E-state index is 12.3. The van der Waals surface area contributed by atoms with Crippen molar-refractivity contribution in [2.75, 3.05) is 6.54 Å². The number of hydrogen-bond acceptors (Lipinski definition) is 1. The lowest BCUT2D eigenvalue weighted by molar-refractivity contribution is -0.121. The lowest BCUT2D eigenvalue weighted by Gasteiger charge is -2.16. The summed E-state index contributed by atoms with van der Waals surface area (Å²) >= 11 is 0. The third-order valence-electron chi connectivity index (χ3n) is 3.45. The standard InChI is InChI=1S/C16H15NO/c18-16-15(13-7-2-1-3-8-13)14-9-5-4-6-12(14)10-11-17-16/h1-9,15H,10-11H2,(H,17,18)/t15-/m0/s1. The van der Waals surface area contributed by atoms with Crippen LogP contribution >= 0.6 is 0 Å². The van der Waals surface area contributed by atoms with E-state index in [4.69, 9.17) is 0 Å². The van der Waals surface area contributed by atoms with E-state index < -0.39 is 0 Å². The average molecular weight is 237 g/mol. The van der Waals surface area contributed by atoms with Crippen molar-refractivity contribution in [3.05, 3.63) is 71.3 Å². The van der Waals surface area contributed by atoms with Gasteiger partial charge in [-0.3, -0.25) is 4.79 Å². The fourth-order valence-electron chi connectivity index (χ4n) is 2.58. The van der Waals surface area contributed by atoms with Crippen LogP contribution in [-0.4, -0.2) is 12.5 Å². The lowest BCUT2D eigenvalue weighted by atomic mass is 9.88. The minimum atomic E-state index is -0.176. The molecule has 0 radical (unpaired) electrons. The fraction of sp³-hybridized carbons (Fsp3) is 0.188. The van der Waals surface area contributed by atoms with Crippen molar-refractivity contribution in [1.82, 2.24) is 5.32 Å². The topological polar surface area (TPSA) is 29.1 Å². The molecule has 1 N–H and O–H groups in total. The first-order chi connectivity index (χ1) is 8.86. The molecular formula is C16H15NO. The zero-order valence-electron chi connectivity index (χ0n) is 10.1. The highest BCUT2D eigenvalue weighted by atomic mass is 16.1. The molecule has 1 aliphatic rings. The summed E-state index contributed by atoms with van der Waals surface area (Å²) in [6.45, 7) is 0.721. The van der Waals surface area contributed by atoms with Crippen LogP contribution < -0.4 is 5.32 Å². The highest BCUT2D eigenvalue weighted by Crippen LogP contribution is 2.29. The smallest absolute Gasteiger partial charge is 0.232 e. The molecule has 1 atom stereocenters. The van der Waals surface area contributed by atoms with Crippen molar-refractivity contribution < 1.29 is 4.79 Å². The van der Waals surface area contributed by atoms with Crippen molar-refractivity contribution in [2.24, 2.45) is 0 Å². The van der Waals surface area contributed by atoms with Crippen LogP contribution in [0.15, 0.2) is 54.6 Å². The molecule has 0 spiro atoms. The Bertz CT molecular complexity index is 562. The maximum atomic E-state index is 12.3. The number of benzene rings is 2. The second-order valence-corrected chi connectivity index (χ2v) is 4.58. The minimum absolute atomic E-state index is 0.103. The van der Waals surface area contributed by atoms with Gasteiger partial charge in [0.1, 0.15) is 0 Å². The Labute approximate surface area is 107 Å². The molecule has 1 aliphatic heterocycles. The molecule has 0 fully saturated rings. The molecule has 3 rings (SSSR count). The van der Waals surface area contributed by atoms with E-state index in [1.165, 1.54) is 5.56 Å². The van der Waals surface area contributed by atoms with Crippen LogP contribution in [-0.2, 0) is 11.2 Å². The van der Waals surface area contributed by atoms with E-state index in [9.17, 15) is 4.79 Å². The van der Waals surface area contributed by atoms with Crippen LogP contribution in [0.1, 0.15) is 22.6 Å². The zero-order chi connectivity index (χ0) is 12.4. The van der Waals surface area contributed by atoms with Gasteiger partial charge in [-0.05, 0) is 23.1 Å². The summed E-state index contributed by atoms with van der Waals surface area (Å²) in [5, 5.41) is 3.00. The Morgan fingerprint density at radius 1 is 0.944 bits per heavy atom. The molecule has 2 heteroatoms. The van der Waals surface area contributed by atoms with Gasteiger partial charge in [0.2, 0.25) is 5.91 Å². The largest absolute Gasteiger partial charge is 0.355 e. The first-order valence-corrected chi connectivity index (χ1v) is 6.27. The molecule has 2 aromatic rings. The summed E-state index contributed by atoms with van der Waals surface area (Å²) < 4.78 is 0. The Kier molecular flexibility index (Phi) is 2.85. The molecule has 1 amide bonds. The third kappa shape index (κ3) is 1.90. The number of fused-ring (bicyclic) bond motifs is 1. The van der Waals surface area contributed by atoms with Crippen molar-refractivity contribution in [2.45, 2.75) is 12.3 Å². The predicted octanol–water partition coefficient (Wildman–Crippen LogP) is 2.49. The van der Waals surface area contributed by atoms with Crippen LogP contribution in [0.25, 0.3) is 0 Å². The second kappa shape index (κ2) is 4.65. The molecule has 2 aromatic carbocycles. The van der Waals surface area contributed by atoms with Gasteiger partial charge in [0.15, 0.2) is 0 Å². The van der Waals surface area contributed by atoms with Gasteiger partial charge in [0.25, 0.3) is 0 Å². The van der Waals surface area contributed by atoms with Crippen molar-refractivity contribution >= 4 is 5.91 Å². The van der Waals surface area contributed by atoms with E-state index in [1.54, 1.807) is 0 Å². The van der Waals surface area contributed by atoms with Crippen LogP contribution in [0.3, 0.4) is 0 Å². The number of carbonyl (C=O) groups is 1. The molecule has 18 heavy (non-hydrogen) atoms. The van der Waals surface area contributed by atoms with E-state index in [0.717, 1.165) is 24.1 Å². The number of nitrogens with one attached hydrogen (secondary N) is 1. The molecule has 0 aromatic heterocycles. The third-order valence-corrected chi connectivity index (χ3v) is 3.45. The van der Waals surface area contributed by atoms with E-state index in [2.05, 4.69) is 17.4 Å². The molecule has 0 saturated carbocycles. The minimum Gasteiger partial charge on any atom is -0.355 e. The molecule has 2 nitrogen and oxygen atoms in total. The van der Waals surface area contributed by atoms with Gasteiger partial charge in [-0.1, -0.05) is 54.6 Å². The van der Waals surface area contributed by atoms with Gasteiger partial charge in [-0.15, -0.1) is 0 Å². The maximum Gasteiger partial charge on any atom is 0.232 e. The number of carbonyl (C=O) groups excluding carboxylic acids is 1. The van der Waals surface area contributed by atoms with Crippen molar-refractivity contribution in [1.29, 1.82) is 0 Å². The highest BCUT2D eigenvalue weighted by Gasteiger charge is 2.26. The average Bonchev–Trinajstić information content (AvgIpc) is 2.58. The van der Waals surface area contributed by atoms with Crippen LogP contribution in [0.4, 0.5) is 0 Å². The summed E-state index contributed by atoms with van der Waals surface area (Å²) in [7, 11) is 0. The van der Waals surface area contributed by atoms with E-state index >= 15 is 0 Å². The summed E-state index contributed by atoms with van der Waals surface area (Å²) in [6, 6.07) is 18.2. The Morgan fingerprint density at radius 3 is 2.50 bits per heavy atom. The molecule has 0 unspecified atom stereocenters. The molecular weight excluding hydrogens is 222 g/mol. The number of hydrogen-bond donors (Lipinski definition) is 1. The zero-order valence-corrected chi connectivity index (χ0v) is 10.1. The highest BCUT2D eigenvalue weighted by molar-refractivity contribution is 5.88. The number of amides is 1. The quantitative estimate of drug-likeness (QED) is 0.811. The van der Waals surface area contributed by atoms with Gasteiger partial charge in [0, 0.05) is 6.54 Å². The van der Waals surface area contributed by atoms with Crippen molar-refractivity contribution in [3.63, 3.8) is 0 Å². The Hall–Kier alpha value is -2.09. The SMILES string of the molecule is O=C1NCCc2ccccc2[C@@H]1c1ccccc1. The number of rotatable bonds is 1. The molecule has 1 heterocycles. The first kappa shape index (κ1) is 11.0. The Morgan fingerprint density at radius 2 is 1.67 bits per heavy atom. The van der Waals surface area contributed by atoms with Gasteiger partial charge < -0.3 is 5.32 Å². The summed E-state index contributed by atoms with van der Waals surface area (Å²) in [4.78, 5) is 12.3.